The smallest absolute Gasteiger partial charge is 0.408 e. The van der Waals surface area contributed by atoms with E-state index in [0.717, 1.165) is 11.1 Å². The van der Waals surface area contributed by atoms with Crippen molar-refractivity contribution >= 4 is 22.7 Å². The van der Waals surface area contributed by atoms with Crippen LogP contribution in [0.15, 0.2) is 51.7 Å². The van der Waals surface area contributed by atoms with Crippen LogP contribution in [0.3, 0.4) is 0 Å². The number of hydrogen-bond acceptors (Lipinski definition) is 6. The lowest BCUT2D eigenvalue weighted by atomic mass is 9.94. The van der Waals surface area contributed by atoms with Gasteiger partial charge in [-0.2, -0.15) is 0 Å². The lowest BCUT2D eigenvalue weighted by Crippen LogP contribution is -2.50. The Morgan fingerprint density at radius 3 is 2.75 bits per heavy atom. The molecular formula is C19H18N4O5. The molecule has 0 spiro atoms. The highest BCUT2D eigenvalue weighted by atomic mass is 16.6. The van der Waals surface area contributed by atoms with Gasteiger partial charge in [0.2, 0.25) is 5.91 Å². The molecule has 0 fully saturated rings. The fourth-order valence-corrected chi connectivity index (χ4v) is 3.63. The number of benzene rings is 2. The molecule has 0 radical (unpaired) electrons. The number of rotatable bonds is 4. The quantitative estimate of drug-likeness (QED) is 0.542. The molecule has 9 heteroatoms. The third-order valence-electron chi connectivity index (χ3n) is 5.08. The Hall–Kier alpha value is -3.46. The van der Waals surface area contributed by atoms with Gasteiger partial charge in [0.15, 0.2) is 5.58 Å². The maximum Gasteiger partial charge on any atom is 0.421 e. The third-order valence-corrected chi connectivity index (χ3v) is 5.08. The van der Waals surface area contributed by atoms with Crippen molar-refractivity contribution in [1.29, 1.82) is 0 Å². The Morgan fingerprint density at radius 2 is 2.04 bits per heavy atom. The molecule has 1 atom stereocenters. The Balaban J connectivity index is 1.75. The van der Waals surface area contributed by atoms with Gasteiger partial charge in [-0.25, -0.2) is 4.79 Å². The summed E-state index contributed by atoms with van der Waals surface area (Å²) >= 11 is 0. The highest BCUT2D eigenvalue weighted by Crippen LogP contribution is 2.26. The van der Waals surface area contributed by atoms with Gasteiger partial charge in [-0.15, -0.1) is 0 Å². The first-order chi connectivity index (χ1) is 13.5. The number of hydrogen-bond donors (Lipinski definition) is 1. The standard InChI is InChI=1S/C19H18N4O5/c1-20-18(24)16-8-12-4-2-3-5-13(12)10-21(16)11-22-15-9-14(23(26)27)6-7-17(15)28-19(22)25/h2-7,9,16H,8,10-11H2,1H3,(H,20,24)/t16-/m0/s1. The maximum atomic E-state index is 12.5. The monoisotopic (exact) mass is 382 g/mol. The zero-order valence-electron chi connectivity index (χ0n) is 15.1. The second-order valence-electron chi connectivity index (χ2n) is 6.70. The van der Waals surface area contributed by atoms with Crippen LogP contribution in [-0.2, 0) is 24.4 Å². The number of fused-ring (bicyclic) bond motifs is 2. The van der Waals surface area contributed by atoms with E-state index in [4.69, 9.17) is 4.42 Å². The molecule has 1 aromatic heterocycles. The first-order valence-corrected chi connectivity index (χ1v) is 8.78. The minimum absolute atomic E-state index is 0.0828. The van der Waals surface area contributed by atoms with Crippen LogP contribution >= 0.6 is 0 Å². The molecule has 0 saturated heterocycles. The summed E-state index contributed by atoms with van der Waals surface area (Å²) in [6.07, 6.45) is 0.514. The summed E-state index contributed by atoms with van der Waals surface area (Å²) < 4.78 is 6.55. The molecule has 2 heterocycles. The minimum atomic E-state index is -0.620. The van der Waals surface area contributed by atoms with Gasteiger partial charge in [0.1, 0.15) is 0 Å². The number of nitro groups is 1. The van der Waals surface area contributed by atoms with Crippen LogP contribution < -0.4 is 11.1 Å². The topological polar surface area (TPSA) is 111 Å². The van der Waals surface area contributed by atoms with Gasteiger partial charge in [0.05, 0.1) is 23.2 Å². The zero-order valence-corrected chi connectivity index (χ0v) is 15.1. The highest BCUT2D eigenvalue weighted by Gasteiger charge is 2.32. The lowest BCUT2D eigenvalue weighted by Gasteiger charge is -2.35. The van der Waals surface area contributed by atoms with Gasteiger partial charge in [-0.3, -0.25) is 24.4 Å². The predicted molar refractivity (Wildman–Crippen MR) is 101 cm³/mol. The van der Waals surface area contributed by atoms with Crippen LogP contribution in [0.4, 0.5) is 5.69 Å². The largest absolute Gasteiger partial charge is 0.421 e. The van der Waals surface area contributed by atoms with E-state index in [2.05, 4.69) is 5.32 Å². The van der Waals surface area contributed by atoms with Crippen LogP contribution in [0.25, 0.3) is 11.1 Å². The maximum absolute atomic E-state index is 12.5. The van der Waals surface area contributed by atoms with Gasteiger partial charge in [-0.1, -0.05) is 24.3 Å². The van der Waals surface area contributed by atoms with E-state index in [1.807, 2.05) is 29.2 Å². The number of oxazole rings is 1. The molecule has 4 rings (SSSR count). The van der Waals surface area contributed by atoms with Crippen LogP contribution in [-0.4, -0.2) is 33.4 Å². The molecule has 1 aliphatic rings. The van der Waals surface area contributed by atoms with Gasteiger partial charge in [-0.05, 0) is 23.6 Å². The van der Waals surface area contributed by atoms with Crippen molar-refractivity contribution in [1.82, 2.24) is 14.8 Å². The number of non-ortho nitro benzene ring substituents is 1. The second-order valence-corrected chi connectivity index (χ2v) is 6.70. The van der Waals surface area contributed by atoms with E-state index in [1.54, 1.807) is 7.05 Å². The first-order valence-electron chi connectivity index (χ1n) is 8.78. The van der Waals surface area contributed by atoms with Crippen molar-refractivity contribution in [3.63, 3.8) is 0 Å². The molecule has 1 amide bonds. The summed E-state index contributed by atoms with van der Waals surface area (Å²) in [6, 6.07) is 11.4. The van der Waals surface area contributed by atoms with Crippen molar-refractivity contribution in [2.75, 3.05) is 7.05 Å². The molecule has 0 bridgehead atoms. The Kier molecular flexibility index (Phi) is 4.44. The summed E-state index contributed by atoms with van der Waals surface area (Å²) in [5.41, 5.74) is 2.63. The number of nitrogens with zero attached hydrogens (tertiary/aromatic N) is 3. The van der Waals surface area contributed by atoms with Crippen LogP contribution in [0, 0.1) is 10.1 Å². The van der Waals surface area contributed by atoms with E-state index in [9.17, 15) is 19.7 Å². The van der Waals surface area contributed by atoms with Gasteiger partial charge >= 0.3 is 5.76 Å². The number of nitrogens with one attached hydrogen (secondary N) is 1. The summed E-state index contributed by atoms with van der Waals surface area (Å²) in [7, 11) is 1.57. The van der Waals surface area contributed by atoms with E-state index in [-0.39, 0.29) is 23.8 Å². The SMILES string of the molecule is CNC(=O)[C@@H]1Cc2ccccc2CN1Cn1c(=O)oc2ccc([N+](=O)[O-])cc21. The number of amides is 1. The lowest BCUT2D eigenvalue weighted by molar-refractivity contribution is -0.384. The average Bonchev–Trinajstić information content (AvgIpc) is 3.01. The van der Waals surface area contributed by atoms with Crippen molar-refractivity contribution < 1.29 is 14.1 Å². The summed E-state index contributed by atoms with van der Waals surface area (Å²) in [5, 5.41) is 13.8. The van der Waals surface area contributed by atoms with Crippen molar-refractivity contribution in [3.8, 4) is 0 Å². The first kappa shape index (κ1) is 17.9. The molecular weight excluding hydrogens is 364 g/mol. The molecule has 0 aliphatic carbocycles. The van der Waals surface area contributed by atoms with E-state index in [0.29, 0.717) is 18.5 Å². The zero-order chi connectivity index (χ0) is 19.8. The molecule has 1 aliphatic heterocycles. The third kappa shape index (κ3) is 3.05. The molecule has 9 nitrogen and oxygen atoms in total. The number of likely N-dealkylation sites (N-methyl/N-ethyl adjacent to an activating group) is 1. The van der Waals surface area contributed by atoms with Gasteiger partial charge < -0.3 is 9.73 Å². The molecule has 28 heavy (non-hydrogen) atoms. The summed E-state index contributed by atoms with van der Waals surface area (Å²) in [5.74, 6) is -0.772. The number of nitro benzene ring substituents is 1. The Morgan fingerprint density at radius 1 is 1.29 bits per heavy atom. The summed E-state index contributed by atoms with van der Waals surface area (Å²) in [6.45, 7) is 0.557. The van der Waals surface area contributed by atoms with Crippen LogP contribution in [0.5, 0.6) is 0 Å². The predicted octanol–water partition coefficient (Wildman–Crippen LogP) is 1.63. The second kappa shape index (κ2) is 6.93. The fourth-order valence-electron chi connectivity index (χ4n) is 3.63. The summed E-state index contributed by atoms with van der Waals surface area (Å²) in [4.78, 5) is 37.3. The van der Waals surface area contributed by atoms with Crippen LogP contribution in [0.1, 0.15) is 11.1 Å². The molecule has 0 saturated carbocycles. The fraction of sp³-hybridized carbons (Fsp3) is 0.263. The van der Waals surface area contributed by atoms with Crippen molar-refractivity contribution in [2.45, 2.75) is 25.7 Å². The van der Waals surface area contributed by atoms with Gasteiger partial charge in [0, 0.05) is 25.7 Å². The van der Waals surface area contributed by atoms with E-state index in [1.165, 1.54) is 22.8 Å². The van der Waals surface area contributed by atoms with Crippen molar-refractivity contribution in [3.05, 3.63) is 74.3 Å². The minimum Gasteiger partial charge on any atom is -0.408 e. The number of carbonyl (C=O) groups excluding carboxylic acids is 1. The van der Waals surface area contributed by atoms with Crippen LogP contribution in [0.2, 0.25) is 0 Å². The average molecular weight is 382 g/mol. The van der Waals surface area contributed by atoms with Gasteiger partial charge in [0.25, 0.3) is 5.69 Å². The van der Waals surface area contributed by atoms with E-state index < -0.39 is 16.7 Å². The number of aromatic nitrogens is 1. The molecule has 2 aromatic carbocycles. The highest BCUT2D eigenvalue weighted by molar-refractivity contribution is 5.82. The Labute approximate surface area is 159 Å². The van der Waals surface area contributed by atoms with Crippen molar-refractivity contribution in [2.24, 2.45) is 0 Å². The normalized spacial score (nSPS) is 16.7. The Bertz CT molecular complexity index is 1130. The molecule has 144 valence electrons. The molecule has 3 aromatic rings. The molecule has 1 N–H and O–H groups in total. The molecule has 0 unspecified atom stereocenters. The number of carbonyl (C=O) groups is 1. The van der Waals surface area contributed by atoms with E-state index >= 15 is 0 Å².